The van der Waals surface area contributed by atoms with Crippen LogP contribution in [0.3, 0.4) is 0 Å². The quantitative estimate of drug-likeness (QED) is 0.750. The SMILES string of the molecule is N#CCCn1c(=O)sc2ccccc21. The minimum Gasteiger partial charge on any atom is -0.298 e. The Labute approximate surface area is 84.8 Å². The zero-order chi connectivity index (χ0) is 9.97. The lowest BCUT2D eigenvalue weighted by molar-refractivity contribution is 0.729. The normalized spacial score (nSPS) is 10.2. The molecule has 0 aliphatic rings. The molecule has 0 saturated heterocycles. The number of thiazole rings is 1. The molecule has 0 saturated carbocycles. The zero-order valence-corrected chi connectivity index (χ0v) is 8.25. The highest BCUT2D eigenvalue weighted by molar-refractivity contribution is 7.16. The van der Waals surface area contributed by atoms with Crippen LogP contribution in [0.4, 0.5) is 0 Å². The van der Waals surface area contributed by atoms with Crippen molar-refractivity contribution in [2.75, 3.05) is 0 Å². The molecule has 0 radical (unpaired) electrons. The summed E-state index contributed by atoms with van der Waals surface area (Å²) in [4.78, 5) is 11.5. The maximum Gasteiger partial charge on any atom is 0.308 e. The maximum absolute atomic E-state index is 11.5. The smallest absolute Gasteiger partial charge is 0.298 e. The first kappa shape index (κ1) is 8.97. The van der Waals surface area contributed by atoms with Crippen LogP contribution in [-0.4, -0.2) is 4.57 Å². The molecule has 14 heavy (non-hydrogen) atoms. The minimum atomic E-state index is 0.0152. The number of aryl methyl sites for hydroxylation is 1. The number of nitrogens with zero attached hydrogens (tertiary/aromatic N) is 2. The van der Waals surface area contributed by atoms with Gasteiger partial charge in [-0.25, -0.2) is 0 Å². The third-order valence-electron chi connectivity index (χ3n) is 2.02. The van der Waals surface area contributed by atoms with Crippen LogP contribution in [0, 0.1) is 11.3 Å². The Kier molecular flexibility index (Phi) is 2.33. The molecule has 0 fully saturated rings. The summed E-state index contributed by atoms with van der Waals surface area (Å²) in [5.41, 5.74) is 0.928. The second-order valence-corrected chi connectivity index (χ2v) is 3.89. The van der Waals surface area contributed by atoms with Gasteiger partial charge in [-0.05, 0) is 12.1 Å². The van der Waals surface area contributed by atoms with Crippen molar-refractivity contribution >= 4 is 21.6 Å². The van der Waals surface area contributed by atoms with Gasteiger partial charge in [-0.15, -0.1) is 0 Å². The van der Waals surface area contributed by atoms with Crippen molar-refractivity contribution in [2.45, 2.75) is 13.0 Å². The molecule has 0 amide bonds. The molecule has 1 heterocycles. The minimum absolute atomic E-state index is 0.0152. The van der Waals surface area contributed by atoms with Gasteiger partial charge in [-0.1, -0.05) is 23.5 Å². The van der Waals surface area contributed by atoms with Crippen LogP contribution in [-0.2, 0) is 6.54 Å². The van der Waals surface area contributed by atoms with E-state index in [1.807, 2.05) is 30.3 Å². The molecule has 3 nitrogen and oxygen atoms in total. The summed E-state index contributed by atoms with van der Waals surface area (Å²) >= 11 is 1.23. The van der Waals surface area contributed by atoms with E-state index in [-0.39, 0.29) is 4.87 Å². The Morgan fingerprint density at radius 2 is 2.21 bits per heavy atom. The molecule has 2 aromatic rings. The van der Waals surface area contributed by atoms with E-state index in [2.05, 4.69) is 0 Å². The number of aromatic nitrogens is 1. The van der Waals surface area contributed by atoms with Crippen LogP contribution in [0.2, 0.25) is 0 Å². The number of rotatable bonds is 2. The lowest BCUT2D eigenvalue weighted by Crippen LogP contribution is -2.12. The van der Waals surface area contributed by atoms with Gasteiger partial charge in [0.15, 0.2) is 0 Å². The Morgan fingerprint density at radius 3 is 3.00 bits per heavy atom. The van der Waals surface area contributed by atoms with Gasteiger partial charge in [0, 0.05) is 6.54 Å². The van der Waals surface area contributed by atoms with Crippen molar-refractivity contribution < 1.29 is 0 Å². The van der Waals surface area contributed by atoms with Crippen molar-refractivity contribution in [1.82, 2.24) is 4.57 Å². The summed E-state index contributed by atoms with van der Waals surface area (Å²) in [6, 6.07) is 9.68. The number of nitriles is 1. The lowest BCUT2D eigenvalue weighted by Gasteiger charge is -1.97. The highest BCUT2D eigenvalue weighted by Gasteiger charge is 2.05. The summed E-state index contributed by atoms with van der Waals surface area (Å²) in [6.07, 6.45) is 0.376. The summed E-state index contributed by atoms with van der Waals surface area (Å²) in [7, 11) is 0. The van der Waals surface area contributed by atoms with Gasteiger partial charge in [0.1, 0.15) is 0 Å². The highest BCUT2D eigenvalue weighted by Crippen LogP contribution is 2.16. The predicted molar refractivity (Wildman–Crippen MR) is 56.3 cm³/mol. The van der Waals surface area contributed by atoms with Crippen LogP contribution in [0.25, 0.3) is 10.2 Å². The molecule has 1 aromatic carbocycles. The van der Waals surface area contributed by atoms with Crippen LogP contribution in [0.15, 0.2) is 29.1 Å². The summed E-state index contributed by atoms with van der Waals surface area (Å²) in [5.74, 6) is 0. The van der Waals surface area contributed by atoms with Gasteiger partial charge >= 0.3 is 4.87 Å². The highest BCUT2D eigenvalue weighted by atomic mass is 32.1. The van der Waals surface area contributed by atoms with Gasteiger partial charge in [0.25, 0.3) is 0 Å². The fourth-order valence-electron chi connectivity index (χ4n) is 1.39. The van der Waals surface area contributed by atoms with Crippen molar-refractivity contribution in [3.63, 3.8) is 0 Å². The summed E-state index contributed by atoms with van der Waals surface area (Å²) in [6.45, 7) is 0.485. The van der Waals surface area contributed by atoms with E-state index in [1.165, 1.54) is 11.3 Å². The Hall–Kier alpha value is -1.60. The van der Waals surface area contributed by atoms with E-state index in [0.717, 1.165) is 10.2 Å². The van der Waals surface area contributed by atoms with Crippen molar-refractivity contribution in [3.8, 4) is 6.07 Å². The molecule has 1 aromatic heterocycles. The molecular weight excluding hydrogens is 196 g/mol. The Morgan fingerprint density at radius 1 is 1.43 bits per heavy atom. The molecular formula is C10H8N2OS. The van der Waals surface area contributed by atoms with Gasteiger partial charge in [0.05, 0.1) is 22.7 Å². The first-order valence-electron chi connectivity index (χ1n) is 4.28. The van der Waals surface area contributed by atoms with Crippen molar-refractivity contribution in [2.24, 2.45) is 0 Å². The van der Waals surface area contributed by atoms with Crippen LogP contribution in [0.5, 0.6) is 0 Å². The molecule has 0 bridgehead atoms. The van der Waals surface area contributed by atoms with E-state index in [4.69, 9.17) is 5.26 Å². The Balaban J connectivity index is 2.58. The molecule has 0 aliphatic heterocycles. The summed E-state index contributed by atoms with van der Waals surface area (Å²) in [5, 5.41) is 8.47. The van der Waals surface area contributed by atoms with E-state index in [9.17, 15) is 4.79 Å². The monoisotopic (exact) mass is 204 g/mol. The summed E-state index contributed by atoms with van der Waals surface area (Å²) < 4.78 is 2.64. The number of hydrogen-bond acceptors (Lipinski definition) is 3. The number of hydrogen-bond donors (Lipinski definition) is 0. The standard InChI is InChI=1S/C10H8N2OS/c11-6-3-7-12-8-4-1-2-5-9(8)14-10(12)13/h1-2,4-5H,3,7H2. The van der Waals surface area contributed by atoms with Crippen molar-refractivity contribution in [1.29, 1.82) is 5.26 Å². The molecule has 0 aliphatic carbocycles. The first-order valence-corrected chi connectivity index (χ1v) is 5.10. The average molecular weight is 204 g/mol. The molecule has 4 heteroatoms. The zero-order valence-electron chi connectivity index (χ0n) is 7.43. The van der Waals surface area contributed by atoms with Crippen molar-refractivity contribution in [3.05, 3.63) is 33.9 Å². The second kappa shape index (κ2) is 3.64. The largest absolute Gasteiger partial charge is 0.308 e. The van der Waals surface area contributed by atoms with Crippen LogP contribution < -0.4 is 4.87 Å². The van der Waals surface area contributed by atoms with E-state index < -0.39 is 0 Å². The maximum atomic E-state index is 11.5. The molecule has 0 spiro atoms. The van der Waals surface area contributed by atoms with Gasteiger partial charge in [-0.3, -0.25) is 9.36 Å². The number of fused-ring (bicyclic) bond motifs is 1. The van der Waals surface area contributed by atoms with Gasteiger partial charge in [0.2, 0.25) is 0 Å². The van der Waals surface area contributed by atoms with Crippen LogP contribution >= 0.6 is 11.3 Å². The third-order valence-corrected chi connectivity index (χ3v) is 2.98. The topological polar surface area (TPSA) is 45.8 Å². The molecule has 0 unspecified atom stereocenters. The van der Waals surface area contributed by atoms with Gasteiger partial charge in [-0.2, -0.15) is 5.26 Å². The van der Waals surface area contributed by atoms with E-state index in [1.54, 1.807) is 4.57 Å². The fraction of sp³-hybridized carbons (Fsp3) is 0.200. The van der Waals surface area contributed by atoms with Gasteiger partial charge < -0.3 is 0 Å². The average Bonchev–Trinajstić information content (AvgIpc) is 2.51. The predicted octanol–water partition coefficient (Wildman–Crippen LogP) is 1.98. The number of para-hydroxylation sites is 1. The lowest BCUT2D eigenvalue weighted by atomic mass is 10.3. The fourth-order valence-corrected chi connectivity index (χ4v) is 2.30. The van der Waals surface area contributed by atoms with Crippen LogP contribution in [0.1, 0.15) is 6.42 Å². The Bertz CT molecular complexity index is 547. The van der Waals surface area contributed by atoms with E-state index >= 15 is 0 Å². The first-order chi connectivity index (χ1) is 6.83. The second-order valence-electron chi connectivity index (χ2n) is 2.90. The molecule has 2 rings (SSSR count). The van der Waals surface area contributed by atoms with E-state index in [0.29, 0.717) is 13.0 Å². The molecule has 0 N–H and O–H groups in total. The molecule has 0 atom stereocenters. The molecule has 70 valence electrons. The third kappa shape index (κ3) is 1.42. The number of benzene rings is 1.